The average Bonchev–Trinajstić information content (AvgIpc) is 3.25. The van der Waals surface area contributed by atoms with Crippen LogP contribution in [0.3, 0.4) is 0 Å². The fraction of sp³-hybridized carbons (Fsp3) is 0.333. The van der Waals surface area contributed by atoms with Crippen LogP contribution in [0.4, 0.5) is 0 Å². The summed E-state index contributed by atoms with van der Waals surface area (Å²) in [5.74, 6) is 0.444. The predicted molar refractivity (Wildman–Crippen MR) is 121 cm³/mol. The summed E-state index contributed by atoms with van der Waals surface area (Å²) in [6.45, 7) is 2.13. The largest absolute Gasteiger partial charge is 0.306 e. The summed E-state index contributed by atoms with van der Waals surface area (Å²) < 4.78 is 1.67. The van der Waals surface area contributed by atoms with Crippen molar-refractivity contribution in [3.63, 3.8) is 0 Å². The van der Waals surface area contributed by atoms with E-state index < -0.39 is 0 Å². The van der Waals surface area contributed by atoms with Crippen LogP contribution in [0.1, 0.15) is 40.5 Å². The van der Waals surface area contributed by atoms with Crippen LogP contribution in [0.15, 0.2) is 48.8 Å². The minimum Gasteiger partial charge on any atom is -0.306 e. The molecule has 0 unspecified atom stereocenters. The summed E-state index contributed by atoms with van der Waals surface area (Å²) in [4.78, 5) is 19.9. The number of carbonyl (C=O) groups excluding carboxylic acids is 1. The van der Waals surface area contributed by atoms with Gasteiger partial charge in [0.2, 0.25) is 0 Å². The molecule has 0 amide bonds. The lowest BCUT2D eigenvalue weighted by Gasteiger charge is -2.28. The number of aromatic nitrogens is 6. The zero-order chi connectivity index (χ0) is 22.1. The summed E-state index contributed by atoms with van der Waals surface area (Å²) in [6.07, 6.45) is 5.97. The van der Waals surface area contributed by atoms with Crippen molar-refractivity contribution in [3.8, 4) is 11.3 Å². The molecule has 3 aromatic heterocycles. The number of hydrogen-bond acceptors (Lipinski definition) is 7. The molecule has 5 rings (SSSR count). The topological polar surface area (TPSA) is 89.7 Å². The van der Waals surface area contributed by atoms with Crippen molar-refractivity contribution >= 4 is 16.7 Å². The molecule has 1 fully saturated rings. The van der Waals surface area contributed by atoms with Crippen LogP contribution in [-0.4, -0.2) is 61.0 Å². The Morgan fingerprint density at radius 2 is 1.88 bits per heavy atom. The van der Waals surface area contributed by atoms with E-state index in [0.717, 1.165) is 53.8 Å². The number of rotatable bonds is 5. The first-order chi connectivity index (χ1) is 15.5. The number of hydrogen-bond donors (Lipinski definition) is 0. The molecule has 1 aliphatic rings. The fourth-order valence-corrected chi connectivity index (χ4v) is 4.23. The Morgan fingerprint density at radius 3 is 2.66 bits per heavy atom. The van der Waals surface area contributed by atoms with Gasteiger partial charge in [-0.2, -0.15) is 10.2 Å². The van der Waals surface area contributed by atoms with Gasteiger partial charge >= 0.3 is 0 Å². The Bertz CT molecular complexity index is 1270. The Kier molecular flexibility index (Phi) is 5.45. The van der Waals surface area contributed by atoms with Gasteiger partial charge < -0.3 is 4.90 Å². The summed E-state index contributed by atoms with van der Waals surface area (Å²) in [5.41, 5.74) is 4.87. The average molecular weight is 428 g/mol. The number of piperidine rings is 1. The van der Waals surface area contributed by atoms with E-state index in [1.54, 1.807) is 16.9 Å². The van der Waals surface area contributed by atoms with Gasteiger partial charge in [0.15, 0.2) is 5.78 Å². The smallest absolute Gasteiger partial charge is 0.169 e. The summed E-state index contributed by atoms with van der Waals surface area (Å²) in [6, 6.07) is 11.5. The second-order valence-corrected chi connectivity index (χ2v) is 8.53. The highest BCUT2D eigenvalue weighted by atomic mass is 16.1. The first-order valence-corrected chi connectivity index (χ1v) is 10.9. The zero-order valence-corrected chi connectivity index (χ0v) is 18.3. The molecular weight excluding hydrogens is 402 g/mol. The monoisotopic (exact) mass is 427 g/mol. The van der Waals surface area contributed by atoms with E-state index in [0.29, 0.717) is 17.2 Å². The number of pyridine rings is 1. The highest BCUT2D eigenvalue weighted by Crippen LogP contribution is 2.27. The molecule has 0 radical (unpaired) electrons. The maximum atomic E-state index is 13.0. The quantitative estimate of drug-likeness (QED) is 0.452. The van der Waals surface area contributed by atoms with Crippen LogP contribution in [0, 0.1) is 0 Å². The molecule has 0 bridgehead atoms. The summed E-state index contributed by atoms with van der Waals surface area (Å²) in [7, 11) is 3.98. The highest BCUT2D eigenvalue weighted by molar-refractivity contribution is 5.97. The maximum Gasteiger partial charge on any atom is 0.169 e. The summed E-state index contributed by atoms with van der Waals surface area (Å²) >= 11 is 0. The first-order valence-electron chi connectivity index (χ1n) is 10.9. The Balaban J connectivity index is 1.36. The lowest BCUT2D eigenvalue weighted by atomic mass is 9.92. The predicted octanol–water partition coefficient (Wildman–Crippen LogP) is 3.05. The van der Waals surface area contributed by atoms with E-state index in [-0.39, 0.29) is 12.2 Å². The van der Waals surface area contributed by atoms with Gasteiger partial charge in [-0.1, -0.05) is 11.3 Å². The van der Waals surface area contributed by atoms with Crippen LogP contribution in [0.5, 0.6) is 0 Å². The van der Waals surface area contributed by atoms with Gasteiger partial charge in [-0.3, -0.25) is 14.5 Å². The van der Waals surface area contributed by atoms with Gasteiger partial charge in [0.05, 0.1) is 23.8 Å². The molecule has 1 saturated heterocycles. The molecule has 1 aromatic carbocycles. The number of aryl methyl sites for hydroxylation is 1. The lowest BCUT2D eigenvalue weighted by molar-refractivity contribution is 0.0991. The number of likely N-dealkylation sites (tertiary alicyclic amines) is 1. The Morgan fingerprint density at radius 1 is 1.03 bits per heavy atom. The summed E-state index contributed by atoms with van der Waals surface area (Å²) in [5, 5.41) is 17.7. The van der Waals surface area contributed by atoms with Crippen LogP contribution < -0.4 is 0 Å². The van der Waals surface area contributed by atoms with Crippen molar-refractivity contribution in [2.45, 2.75) is 25.2 Å². The normalized spacial score (nSPS) is 15.3. The number of nitrogens with zero attached hydrogens (tertiary/aromatic N) is 7. The van der Waals surface area contributed by atoms with E-state index in [9.17, 15) is 4.79 Å². The number of Topliss-reactive ketones (excluding diaryl/α,β-unsaturated/α-hetero) is 1. The fourth-order valence-electron chi connectivity index (χ4n) is 4.23. The maximum absolute atomic E-state index is 13.0. The van der Waals surface area contributed by atoms with Crippen LogP contribution >= 0.6 is 0 Å². The van der Waals surface area contributed by atoms with Crippen LogP contribution in [0.2, 0.25) is 0 Å². The van der Waals surface area contributed by atoms with Gasteiger partial charge in [-0.05, 0) is 63.3 Å². The van der Waals surface area contributed by atoms with Crippen LogP contribution in [0.25, 0.3) is 22.2 Å². The minimum atomic E-state index is 0.0281. The van der Waals surface area contributed by atoms with Gasteiger partial charge in [-0.15, -0.1) is 5.10 Å². The molecule has 4 aromatic rings. The van der Waals surface area contributed by atoms with Crippen molar-refractivity contribution in [1.29, 1.82) is 0 Å². The highest BCUT2D eigenvalue weighted by Gasteiger charge is 2.20. The van der Waals surface area contributed by atoms with E-state index in [1.807, 2.05) is 43.6 Å². The third-order valence-corrected chi connectivity index (χ3v) is 6.12. The number of carbonyl (C=O) groups is 1. The van der Waals surface area contributed by atoms with Crippen molar-refractivity contribution in [1.82, 2.24) is 35.1 Å². The third kappa shape index (κ3) is 4.27. The van der Waals surface area contributed by atoms with Gasteiger partial charge in [-0.25, -0.2) is 0 Å². The SMILES string of the molecule is CN1CCC(c2cc(C(=O)Cc3cc4cc(-c5cn(C)nn5)ccc4nn3)ccn2)CC1. The van der Waals surface area contributed by atoms with Crippen LogP contribution in [-0.2, 0) is 13.5 Å². The molecule has 32 heavy (non-hydrogen) atoms. The van der Waals surface area contributed by atoms with Crippen molar-refractivity contribution in [3.05, 3.63) is 65.7 Å². The van der Waals surface area contributed by atoms with E-state index >= 15 is 0 Å². The molecule has 0 aliphatic carbocycles. The molecular formula is C24H25N7O. The molecule has 0 N–H and O–H groups in total. The van der Waals surface area contributed by atoms with E-state index in [1.165, 1.54) is 0 Å². The standard InChI is InChI=1S/C24H25N7O/c1-30-9-6-16(7-10-30)22-13-18(5-8-25-22)24(32)14-20-12-19-11-17(3-4-21(19)27-26-20)23-15-31(2)29-28-23/h3-5,8,11-13,15-16H,6-7,9-10,14H2,1-2H3. The number of ketones is 1. The van der Waals surface area contributed by atoms with Crippen molar-refractivity contribution in [2.75, 3.05) is 20.1 Å². The first kappa shape index (κ1) is 20.4. The molecule has 8 heteroatoms. The molecule has 162 valence electrons. The minimum absolute atomic E-state index is 0.0281. The molecule has 4 heterocycles. The molecule has 0 spiro atoms. The number of fused-ring (bicyclic) bond motifs is 1. The molecule has 1 aliphatic heterocycles. The zero-order valence-electron chi connectivity index (χ0n) is 18.3. The molecule has 0 saturated carbocycles. The Labute approximate surface area is 186 Å². The lowest BCUT2D eigenvalue weighted by Crippen LogP contribution is -2.29. The van der Waals surface area contributed by atoms with Gasteiger partial charge in [0.25, 0.3) is 0 Å². The second kappa shape index (κ2) is 8.55. The second-order valence-electron chi connectivity index (χ2n) is 8.53. The van der Waals surface area contributed by atoms with Crippen molar-refractivity contribution in [2.24, 2.45) is 7.05 Å². The third-order valence-electron chi connectivity index (χ3n) is 6.12. The van der Waals surface area contributed by atoms with E-state index in [2.05, 4.69) is 37.4 Å². The van der Waals surface area contributed by atoms with E-state index in [4.69, 9.17) is 0 Å². The van der Waals surface area contributed by atoms with Gasteiger partial charge in [0, 0.05) is 41.4 Å². The molecule has 0 atom stereocenters. The van der Waals surface area contributed by atoms with Gasteiger partial charge in [0.1, 0.15) is 5.69 Å². The van der Waals surface area contributed by atoms with Crippen molar-refractivity contribution < 1.29 is 4.79 Å². The molecule has 8 nitrogen and oxygen atoms in total. The Hall–Kier alpha value is -3.52. The number of benzene rings is 1.